The highest BCUT2D eigenvalue weighted by atomic mass is 16.4. The van der Waals surface area contributed by atoms with Gasteiger partial charge in [-0.3, -0.25) is 0 Å². The maximum Gasteiger partial charge on any atom is 0.144 e. The van der Waals surface area contributed by atoms with Crippen molar-refractivity contribution in [1.29, 1.82) is 0 Å². The van der Waals surface area contributed by atoms with E-state index in [1.807, 2.05) is 13.8 Å². The molecule has 0 amide bonds. The van der Waals surface area contributed by atoms with Crippen LogP contribution in [0, 0.1) is 11.3 Å². The van der Waals surface area contributed by atoms with Gasteiger partial charge in [-0.2, -0.15) is 0 Å². The maximum atomic E-state index is 9.66. The summed E-state index contributed by atoms with van der Waals surface area (Å²) < 4.78 is 0. The van der Waals surface area contributed by atoms with Crippen molar-refractivity contribution in [2.24, 2.45) is 22.2 Å². The number of hydrogen-bond donors (Lipinski definition) is 4. The summed E-state index contributed by atoms with van der Waals surface area (Å²) in [5, 5.41) is 25.0. The first-order valence-corrected chi connectivity index (χ1v) is 7.19. The van der Waals surface area contributed by atoms with Crippen LogP contribution in [0.15, 0.2) is 5.16 Å². The number of amidine groups is 1. The molecule has 19 heavy (non-hydrogen) atoms. The highest BCUT2D eigenvalue weighted by molar-refractivity contribution is 5.85. The largest absolute Gasteiger partial charge is 0.409 e. The fourth-order valence-electron chi connectivity index (χ4n) is 2.61. The number of nitrogens with zero attached hydrogens (tertiary/aromatic N) is 1. The third-order valence-corrected chi connectivity index (χ3v) is 4.59. The van der Waals surface area contributed by atoms with Crippen molar-refractivity contribution in [1.82, 2.24) is 5.32 Å². The molecule has 0 aliphatic heterocycles. The molecular formula is C14H29N3O2. The number of oxime groups is 1. The fraction of sp³-hybridized carbons (Fsp3) is 0.929. The molecule has 0 bridgehead atoms. The molecule has 1 fully saturated rings. The van der Waals surface area contributed by atoms with Crippen LogP contribution in [0.25, 0.3) is 0 Å². The van der Waals surface area contributed by atoms with Gasteiger partial charge in [-0.05, 0) is 44.6 Å². The van der Waals surface area contributed by atoms with Gasteiger partial charge >= 0.3 is 0 Å². The number of aliphatic hydroxyl groups excluding tert-OH is 1. The molecule has 112 valence electrons. The Morgan fingerprint density at radius 3 is 2.47 bits per heavy atom. The van der Waals surface area contributed by atoms with E-state index in [9.17, 15) is 5.11 Å². The van der Waals surface area contributed by atoms with Crippen LogP contribution in [0.1, 0.15) is 52.9 Å². The van der Waals surface area contributed by atoms with Gasteiger partial charge in [0.05, 0.1) is 6.61 Å². The normalized spacial score (nSPS) is 29.5. The summed E-state index contributed by atoms with van der Waals surface area (Å²) in [6.07, 6.45) is 5.15. The first-order valence-electron chi connectivity index (χ1n) is 7.19. The molecule has 5 heteroatoms. The second kappa shape index (κ2) is 6.57. The van der Waals surface area contributed by atoms with Gasteiger partial charge in [0.2, 0.25) is 0 Å². The molecule has 0 unspecified atom stereocenters. The van der Waals surface area contributed by atoms with Crippen LogP contribution in [-0.2, 0) is 0 Å². The summed E-state index contributed by atoms with van der Waals surface area (Å²) in [6.45, 7) is 7.13. The van der Waals surface area contributed by atoms with Crippen molar-refractivity contribution in [3.63, 3.8) is 0 Å². The quantitative estimate of drug-likeness (QED) is 0.256. The summed E-state index contributed by atoms with van der Waals surface area (Å²) in [5.41, 5.74) is 5.21. The van der Waals surface area contributed by atoms with Crippen molar-refractivity contribution in [3.8, 4) is 0 Å². The average molecular weight is 271 g/mol. The topological polar surface area (TPSA) is 90.9 Å². The molecular weight excluding hydrogens is 242 g/mol. The predicted octanol–water partition coefficient (Wildman–Crippen LogP) is 1.68. The third-order valence-electron chi connectivity index (χ3n) is 4.59. The standard InChI is InChI=1S/C14H29N3O2/c1-11-4-6-14(10-18,7-5-11)16-9-8-13(2,3)12(15)17-19/h11,16,18-19H,4-10H2,1-3H3,(H2,15,17). The van der Waals surface area contributed by atoms with Crippen LogP contribution < -0.4 is 11.1 Å². The molecule has 1 aliphatic rings. The van der Waals surface area contributed by atoms with E-state index >= 15 is 0 Å². The Kier molecular flexibility index (Phi) is 5.62. The summed E-state index contributed by atoms with van der Waals surface area (Å²) in [4.78, 5) is 0. The zero-order valence-corrected chi connectivity index (χ0v) is 12.4. The lowest BCUT2D eigenvalue weighted by molar-refractivity contribution is 0.104. The van der Waals surface area contributed by atoms with Crippen LogP contribution in [0.2, 0.25) is 0 Å². The Morgan fingerprint density at radius 2 is 2.00 bits per heavy atom. The van der Waals surface area contributed by atoms with Crippen molar-refractivity contribution in [2.75, 3.05) is 13.2 Å². The zero-order valence-electron chi connectivity index (χ0n) is 12.4. The SMILES string of the molecule is CC1CCC(CO)(NCCC(C)(C)C(N)=NO)CC1. The van der Waals surface area contributed by atoms with Gasteiger partial charge in [-0.15, -0.1) is 0 Å². The van der Waals surface area contributed by atoms with Crippen molar-refractivity contribution < 1.29 is 10.3 Å². The molecule has 1 aliphatic carbocycles. The summed E-state index contributed by atoms with van der Waals surface area (Å²) >= 11 is 0. The fourth-order valence-corrected chi connectivity index (χ4v) is 2.61. The highest BCUT2D eigenvalue weighted by Crippen LogP contribution is 2.32. The predicted molar refractivity (Wildman–Crippen MR) is 77.3 cm³/mol. The number of rotatable bonds is 6. The summed E-state index contributed by atoms with van der Waals surface area (Å²) in [5.74, 6) is 1.01. The lowest BCUT2D eigenvalue weighted by Crippen LogP contribution is -2.52. The van der Waals surface area contributed by atoms with Crippen LogP contribution in [0.3, 0.4) is 0 Å². The number of hydrogen-bond acceptors (Lipinski definition) is 4. The molecule has 0 radical (unpaired) electrons. The van der Waals surface area contributed by atoms with Gasteiger partial charge in [-0.25, -0.2) is 0 Å². The minimum atomic E-state index is -0.333. The van der Waals surface area contributed by atoms with Crippen molar-refractivity contribution in [3.05, 3.63) is 0 Å². The van der Waals surface area contributed by atoms with Gasteiger partial charge in [-0.1, -0.05) is 25.9 Å². The second-order valence-corrected chi connectivity index (χ2v) is 6.67. The zero-order chi connectivity index (χ0) is 14.5. The first-order chi connectivity index (χ1) is 8.85. The third kappa shape index (κ3) is 4.35. The lowest BCUT2D eigenvalue weighted by Gasteiger charge is -2.39. The monoisotopic (exact) mass is 271 g/mol. The molecule has 0 saturated heterocycles. The molecule has 1 saturated carbocycles. The van der Waals surface area contributed by atoms with E-state index in [1.54, 1.807) is 0 Å². The Hall–Kier alpha value is -0.810. The minimum Gasteiger partial charge on any atom is -0.409 e. The van der Waals surface area contributed by atoms with Crippen LogP contribution in [0.4, 0.5) is 0 Å². The van der Waals surface area contributed by atoms with E-state index in [2.05, 4.69) is 17.4 Å². The Morgan fingerprint density at radius 1 is 1.42 bits per heavy atom. The number of aliphatic hydroxyl groups is 1. The summed E-state index contributed by atoms with van der Waals surface area (Å²) in [7, 11) is 0. The number of nitrogens with two attached hydrogens (primary N) is 1. The molecule has 0 aromatic heterocycles. The van der Waals surface area contributed by atoms with E-state index in [1.165, 1.54) is 0 Å². The molecule has 1 rings (SSSR count). The minimum absolute atomic E-state index is 0.131. The highest BCUT2D eigenvalue weighted by Gasteiger charge is 2.33. The first kappa shape index (κ1) is 16.2. The van der Waals surface area contributed by atoms with Crippen LogP contribution in [-0.4, -0.2) is 34.8 Å². The smallest absolute Gasteiger partial charge is 0.144 e. The van der Waals surface area contributed by atoms with Crippen LogP contribution >= 0.6 is 0 Å². The van der Waals surface area contributed by atoms with Gasteiger partial charge in [0.1, 0.15) is 5.84 Å². The molecule has 0 aromatic rings. The summed E-state index contributed by atoms with van der Waals surface area (Å²) in [6, 6.07) is 0. The average Bonchev–Trinajstić information content (AvgIpc) is 2.40. The molecule has 0 atom stereocenters. The molecule has 5 nitrogen and oxygen atoms in total. The Bertz CT molecular complexity index is 308. The van der Waals surface area contributed by atoms with Gasteiger partial charge in [0, 0.05) is 11.0 Å². The van der Waals surface area contributed by atoms with E-state index in [4.69, 9.17) is 10.9 Å². The van der Waals surface area contributed by atoms with Crippen molar-refractivity contribution in [2.45, 2.75) is 58.4 Å². The molecule has 0 aromatic carbocycles. The molecule has 0 spiro atoms. The van der Waals surface area contributed by atoms with E-state index < -0.39 is 0 Å². The molecule has 0 heterocycles. The number of nitrogens with one attached hydrogen (secondary N) is 1. The van der Waals surface area contributed by atoms with Crippen LogP contribution in [0.5, 0.6) is 0 Å². The maximum absolute atomic E-state index is 9.66. The Balaban J connectivity index is 2.46. The van der Waals surface area contributed by atoms with Gasteiger partial charge < -0.3 is 21.4 Å². The van der Waals surface area contributed by atoms with Gasteiger partial charge in [0.15, 0.2) is 0 Å². The van der Waals surface area contributed by atoms with Crippen molar-refractivity contribution >= 4 is 5.84 Å². The second-order valence-electron chi connectivity index (χ2n) is 6.67. The van der Waals surface area contributed by atoms with E-state index in [-0.39, 0.29) is 23.4 Å². The lowest BCUT2D eigenvalue weighted by atomic mass is 9.77. The van der Waals surface area contributed by atoms with E-state index in [0.29, 0.717) is 0 Å². The Labute approximate surface area is 116 Å². The van der Waals surface area contributed by atoms with Gasteiger partial charge in [0.25, 0.3) is 0 Å². The van der Waals surface area contributed by atoms with E-state index in [0.717, 1.165) is 44.6 Å². The molecule has 5 N–H and O–H groups in total.